The first-order chi connectivity index (χ1) is 7.60. The van der Waals surface area contributed by atoms with Crippen LogP contribution in [0.5, 0.6) is 0 Å². The summed E-state index contributed by atoms with van der Waals surface area (Å²) in [7, 11) is 0. The Balaban J connectivity index is 2.89. The third-order valence-electron chi connectivity index (χ3n) is 2.34. The zero-order chi connectivity index (χ0) is 12.1. The Morgan fingerprint density at radius 2 is 2.25 bits per heavy atom. The highest BCUT2D eigenvalue weighted by Gasteiger charge is 2.18. The van der Waals surface area contributed by atoms with Gasteiger partial charge in [-0.2, -0.15) is 17.9 Å². The van der Waals surface area contributed by atoms with Crippen molar-refractivity contribution in [1.82, 2.24) is 4.98 Å². The molecule has 2 atom stereocenters. The average Bonchev–Trinajstić information content (AvgIpc) is 2.28. The third kappa shape index (κ3) is 2.95. The Kier molecular flexibility index (Phi) is 4.74. The summed E-state index contributed by atoms with van der Waals surface area (Å²) < 4.78 is 0. The summed E-state index contributed by atoms with van der Waals surface area (Å²) in [5, 5.41) is 28.1. The SMILES string of the molecule is Cc1cc(C(O)C(O)CCS)cnc1C#N. The number of nitrogens with zero attached hydrogens (tertiary/aromatic N) is 2. The number of aryl methyl sites for hydroxylation is 1. The fourth-order valence-corrected chi connectivity index (χ4v) is 1.65. The second-order valence-corrected chi connectivity index (χ2v) is 4.02. The van der Waals surface area contributed by atoms with E-state index in [4.69, 9.17) is 5.26 Å². The maximum atomic E-state index is 9.80. The lowest BCUT2D eigenvalue weighted by molar-refractivity contribution is 0.0170. The monoisotopic (exact) mass is 238 g/mol. The van der Waals surface area contributed by atoms with Crippen LogP contribution in [0.25, 0.3) is 0 Å². The van der Waals surface area contributed by atoms with Gasteiger partial charge in [-0.1, -0.05) is 0 Å². The van der Waals surface area contributed by atoms with Crippen LogP contribution in [-0.4, -0.2) is 27.1 Å². The van der Waals surface area contributed by atoms with Crippen molar-refractivity contribution in [2.75, 3.05) is 5.75 Å². The van der Waals surface area contributed by atoms with Crippen molar-refractivity contribution in [2.45, 2.75) is 25.6 Å². The van der Waals surface area contributed by atoms with Crippen LogP contribution in [-0.2, 0) is 0 Å². The summed E-state index contributed by atoms with van der Waals surface area (Å²) in [5.41, 5.74) is 1.54. The van der Waals surface area contributed by atoms with Gasteiger partial charge in [0.2, 0.25) is 0 Å². The quantitative estimate of drug-likeness (QED) is 0.683. The molecule has 5 heteroatoms. The lowest BCUT2D eigenvalue weighted by Crippen LogP contribution is -2.19. The van der Waals surface area contributed by atoms with Crippen molar-refractivity contribution in [3.8, 4) is 6.07 Å². The number of aromatic nitrogens is 1. The molecule has 0 saturated carbocycles. The van der Waals surface area contributed by atoms with E-state index in [1.807, 2.05) is 6.07 Å². The van der Waals surface area contributed by atoms with Crippen molar-refractivity contribution >= 4 is 12.6 Å². The van der Waals surface area contributed by atoms with E-state index in [2.05, 4.69) is 17.6 Å². The van der Waals surface area contributed by atoms with Crippen LogP contribution in [0, 0.1) is 18.3 Å². The van der Waals surface area contributed by atoms with Crippen molar-refractivity contribution in [1.29, 1.82) is 5.26 Å². The molecular formula is C11H14N2O2S. The van der Waals surface area contributed by atoms with E-state index in [1.54, 1.807) is 13.0 Å². The van der Waals surface area contributed by atoms with Crippen molar-refractivity contribution in [3.63, 3.8) is 0 Å². The molecule has 0 radical (unpaired) electrons. The molecule has 0 aliphatic heterocycles. The summed E-state index contributed by atoms with van der Waals surface area (Å²) in [6, 6.07) is 3.61. The highest BCUT2D eigenvalue weighted by atomic mass is 32.1. The van der Waals surface area contributed by atoms with Crippen LogP contribution in [0.4, 0.5) is 0 Å². The molecule has 0 aromatic carbocycles. The molecule has 1 aromatic rings. The minimum absolute atomic E-state index is 0.333. The maximum Gasteiger partial charge on any atom is 0.143 e. The molecule has 16 heavy (non-hydrogen) atoms. The molecule has 0 aliphatic rings. The molecule has 1 heterocycles. The number of rotatable bonds is 4. The summed E-state index contributed by atoms with van der Waals surface area (Å²) in [6.07, 6.45) is -0.0147. The Hall–Kier alpha value is -1.09. The molecule has 0 spiro atoms. The van der Waals surface area contributed by atoms with Gasteiger partial charge in [-0.05, 0) is 30.7 Å². The Labute approximate surface area is 100.0 Å². The minimum atomic E-state index is -0.980. The van der Waals surface area contributed by atoms with Gasteiger partial charge in [0.25, 0.3) is 0 Å². The number of nitriles is 1. The number of aliphatic hydroxyl groups excluding tert-OH is 2. The van der Waals surface area contributed by atoms with E-state index in [-0.39, 0.29) is 0 Å². The second-order valence-electron chi connectivity index (χ2n) is 3.57. The first-order valence-electron chi connectivity index (χ1n) is 4.93. The lowest BCUT2D eigenvalue weighted by Gasteiger charge is -2.17. The Bertz CT molecular complexity index is 403. The van der Waals surface area contributed by atoms with Gasteiger partial charge in [0, 0.05) is 11.8 Å². The highest BCUT2D eigenvalue weighted by molar-refractivity contribution is 7.80. The van der Waals surface area contributed by atoms with Crippen LogP contribution in [0.15, 0.2) is 12.3 Å². The summed E-state index contributed by atoms with van der Waals surface area (Å²) in [6.45, 7) is 1.74. The molecule has 1 aromatic heterocycles. The van der Waals surface area contributed by atoms with Crippen LogP contribution < -0.4 is 0 Å². The zero-order valence-electron chi connectivity index (χ0n) is 8.96. The van der Waals surface area contributed by atoms with Crippen LogP contribution in [0.2, 0.25) is 0 Å². The maximum absolute atomic E-state index is 9.80. The predicted molar refractivity (Wildman–Crippen MR) is 63.1 cm³/mol. The van der Waals surface area contributed by atoms with Gasteiger partial charge in [0.15, 0.2) is 0 Å². The number of thiol groups is 1. The number of pyridine rings is 1. The van der Waals surface area contributed by atoms with Crippen LogP contribution in [0.3, 0.4) is 0 Å². The van der Waals surface area contributed by atoms with E-state index in [1.165, 1.54) is 6.20 Å². The van der Waals surface area contributed by atoms with Gasteiger partial charge < -0.3 is 10.2 Å². The van der Waals surface area contributed by atoms with E-state index in [9.17, 15) is 10.2 Å². The third-order valence-corrected chi connectivity index (χ3v) is 2.59. The number of aliphatic hydroxyl groups is 2. The summed E-state index contributed by atoms with van der Waals surface area (Å²) >= 11 is 3.99. The molecule has 2 N–H and O–H groups in total. The van der Waals surface area contributed by atoms with Gasteiger partial charge in [-0.15, -0.1) is 0 Å². The standard InChI is InChI=1S/C11H14N2O2S/c1-7-4-8(6-13-9(7)5-12)11(15)10(14)2-3-16/h4,6,10-11,14-16H,2-3H2,1H3. The molecule has 4 nitrogen and oxygen atoms in total. The van der Waals surface area contributed by atoms with Crippen LogP contribution in [0.1, 0.15) is 29.3 Å². The van der Waals surface area contributed by atoms with E-state index in [0.717, 1.165) is 0 Å². The second kappa shape index (κ2) is 5.85. The molecule has 0 saturated heterocycles. The fourth-order valence-electron chi connectivity index (χ4n) is 1.39. The molecule has 1 rings (SSSR count). The minimum Gasteiger partial charge on any atom is -0.390 e. The van der Waals surface area contributed by atoms with Crippen LogP contribution >= 0.6 is 12.6 Å². The van der Waals surface area contributed by atoms with Crippen molar-refractivity contribution in [2.24, 2.45) is 0 Å². The molecule has 0 bridgehead atoms. The first kappa shape index (κ1) is 13.0. The molecule has 0 aliphatic carbocycles. The lowest BCUT2D eigenvalue weighted by atomic mass is 10.0. The van der Waals surface area contributed by atoms with Gasteiger partial charge >= 0.3 is 0 Å². The zero-order valence-corrected chi connectivity index (χ0v) is 9.85. The molecule has 2 unspecified atom stereocenters. The first-order valence-corrected chi connectivity index (χ1v) is 5.57. The van der Waals surface area contributed by atoms with E-state index < -0.39 is 12.2 Å². The Morgan fingerprint density at radius 1 is 1.56 bits per heavy atom. The fraction of sp³-hybridized carbons (Fsp3) is 0.455. The number of hydrogen-bond donors (Lipinski definition) is 3. The normalized spacial score (nSPS) is 14.2. The highest BCUT2D eigenvalue weighted by Crippen LogP contribution is 2.20. The van der Waals surface area contributed by atoms with Crippen molar-refractivity contribution in [3.05, 3.63) is 29.1 Å². The van der Waals surface area contributed by atoms with Gasteiger partial charge in [-0.25, -0.2) is 4.98 Å². The molecule has 0 fully saturated rings. The predicted octanol–water partition coefficient (Wildman–Crippen LogP) is 0.976. The van der Waals surface area contributed by atoms with Crippen molar-refractivity contribution < 1.29 is 10.2 Å². The summed E-state index contributed by atoms with van der Waals surface area (Å²) in [5.74, 6) is 0.501. The summed E-state index contributed by atoms with van der Waals surface area (Å²) in [4.78, 5) is 3.91. The number of hydrogen-bond acceptors (Lipinski definition) is 5. The molecule has 0 amide bonds. The van der Waals surface area contributed by atoms with Gasteiger partial charge in [-0.3, -0.25) is 0 Å². The molecular weight excluding hydrogens is 224 g/mol. The van der Waals surface area contributed by atoms with E-state index in [0.29, 0.717) is 29.0 Å². The largest absolute Gasteiger partial charge is 0.390 e. The van der Waals surface area contributed by atoms with E-state index >= 15 is 0 Å². The Morgan fingerprint density at radius 3 is 2.75 bits per heavy atom. The smallest absolute Gasteiger partial charge is 0.143 e. The van der Waals surface area contributed by atoms with Gasteiger partial charge in [0.05, 0.1) is 6.10 Å². The molecule has 86 valence electrons. The van der Waals surface area contributed by atoms with Gasteiger partial charge in [0.1, 0.15) is 17.9 Å². The average molecular weight is 238 g/mol. The topological polar surface area (TPSA) is 77.1 Å².